The van der Waals surface area contributed by atoms with Crippen molar-refractivity contribution in [2.24, 2.45) is 0 Å². The van der Waals surface area contributed by atoms with Gasteiger partial charge in [-0.3, -0.25) is 4.90 Å². The number of nitrogens with zero attached hydrogens (tertiary/aromatic N) is 4. The number of hydrogen-bond acceptors (Lipinski definition) is 9. The maximum Gasteiger partial charge on any atom is 0.495 e. The zero-order valence-corrected chi connectivity index (χ0v) is 22.6. The summed E-state index contributed by atoms with van der Waals surface area (Å²) in [5.74, 6) is 0.680. The van der Waals surface area contributed by atoms with Crippen LogP contribution < -0.4 is 10.2 Å². The van der Waals surface area contributed by atoms with Crippen LogP contribution in [-0.4, -0.2) is 97.4 Å². The Kier molecular flexibility index (Phi) is 8.62. The lowest BCUT2D eigenvalue weighted by Gasteiger charge is -2.46. The van der Waals surface area contributed by atoms with Crippen LogP contribution in [0.3, 0.4) is 0 Å². The molecule has 3 aliphatic heterocycles. The largest absolute Gasteiger partial charge is 0.495 e. The second-order valence-electron chi connectivity index (χ2n) is 10.5. The molecule has 0 amide bonds. The van der Waals surface area contributed by atoms with Crippen molar-refractivity contribution in [3.63, 3.8) is 0 Å². The van der Waals surface area contributed by atoms with Crippen LogP contribution in [-0.2, 0) is 14.0 Å². The highest BCUT2D eigenvalue weighted by Gasteiger charge is 2.34. The van der Waals surface area contributed by atoms with Gasteiger partial charge in [0.15, 0.2) is 6.23 Å². The number of allylic oxidation sites excluding steroid dienone is 2. The van der Waals surface area contributed by atoms with Gasteiger partial charge in [0, 0.05) is 56.6 Å². The second kappa shape index (κ2) is 11.5. The average Bonchev–Trinajstić information content (AvgIpc) is 2.81. The fourth-order valence-electron chi connectivity index (χ4n) is 4.68. The molecule has 0 saturated carbocycles. The van der Waals surface area contributed by atoms with E-state index in [2.05, 4.69) is 53.9 Å². The van der Waals surface area contributed by atoms with E-state index < -0.39 is 13.3 Å². The molecule has 4 rings (SSSR count). The van der Waals surface area contributed by atoms with Crippen LogP contribution >= 0.6 is 0 Å². The summed E-state index contributed by atoms with van der Waals surface area (Å²) in [5, 5.41) is 14.1. The molecule has 9 nitrogen and oxygen atoms in total. The smallest absolute Gasteiger partial charge is 0.408 e. The maximum absolute atomic E-state index is 10.8. The zero-order valence-electron chi connectivity index (χ0n) is 22.6. The molecule has 0 bridgehead atoms. The number of pyridine rings is 1. The summed E-state index contributed by atoms with van der Waals surface area (Å²) in [7, 11) is 1.30. The number of anilines is 2. The Balaban J connectivity index is 1.43. The minimum absolute atomic E-state index is 0.331. The van der Waals surface area contributed by atoms with Crippen molar-refractivity contribution in [3.05, 3.63) is 41.8 Å². The molecule has 0 radical (unpaired) electrons. The first-order valence-electron chi connectivity index (χ1n) is 13.1. The molecule has 1 aromatic heterocycles. The van der Waals surface area contributed by atoms with Gasteiger partial charge in [-0.25, -0.2) is 4.98 Å². The standard InChI is InChI=1S/C26H42BN5O4/c1-7-26(4,5)36-27(35-8-2)20-13-23(25(33)30(6)16-20)29-24-10-9-21(14-28-24)32-12-11-31(15-19(32)3)22-17-34-18-22/h9-10,13-14,16,19,22,25,33H,7-8,11-12,15,17-18H2,1-6H3,(H,28,29)/t19-,25?/m0/s1. The Morgan fingerprint density at radius 1 is 1.25 bits per heavy atom. The van der Waals surface area contributed by atoms with Crippen LogP contribution in [0.4, 0.5) is 11.5 Å². The van der Waals surface area contributed by atoms with Gasteiger partial charge in [-0.15, -0.1) is 0 Å². The summed E-state index contributed by atoms with van der Waals surface area (Å²) in [4.78, 5) is 11.4. The quantitative estimate of drug-likeness (QED) is 0.473. The fourth-order valence-corrected chi connectivity index (χ4v) is 4.68. The van der Waals surface area contributed by atoms with Crippen LogP contribution in [0.15, 0.2) is 41.8 Å². The molecule has 0 spiro atoms. The predicted molar refractivity (Wildman–Crippen MR) is 144 cm³/mol. The number of aliphatic hydroxyl groups is 1. The molecule has 2 atom stereocenters. The highest BCUT2D eigenvalue weighted by Crippen LogP contribution is 2.27. The summed E-state index contributed by atoms with van der Waals surface area (Å²) in [5.41, 5.74) is 2.25. The third-order valence-electron chi connectivity index (χ3n) is 7.35. The highest BCUT2D eigenvalue weighted by molar-refractivity contribution is 6.55. The summed E-state index contributed by atoms with van der Waals surface area (Å²) in [6.07, 6.45) is 5.72. The van der Waals surface area contributed by atoms with E-state index in [1.54, 1.807) is 4.90 Å². The topological polar surface area (TPSA) is 82.6 Å². The van der Waals surface area contributed by atoms with Crippen molar-refractivity contribution in [1.82, 2.24) is 14.8 Å². The van der Waals surface area contributed by atoms with Crippen LogP contribution in [0.1, 0.15) is 41.0 Å². The third-order valence-corrected chi connectivity index (χ3v) is 7.35. The molecular formula is C26H42BN5O4. The Labute approximate surface area is 216 Å². The minimum atomic E-state index is -0.819. The summed E-state index contributed by atoms with van der Waals surface area (Å²) < 4.78 is 17.6. The summed E-state index contributed by atoms with van der Waals surface area (Å²) in [6.45, 7) is 15.7. The highest BCUT2D eigenvalue weighted by atomic mass is 16.6. The van der Waals surface area contributed by atoms with Gasteiger partial charge in [0.25, 0.3) is 0 Å². The third kappa shape index (κ3) is 6.23. The van der Waals surface area contributed by atoms with E-state index in [1.165, 1.54) is 0 Å². The molecule has 198 valence electrons. The van der Waals surface area contributed by atoms with Crippen molar-refractivity contribution in [1.29, 1.82) is 0 Å². The number of hydrogen-bond donors (Lipinski definition) is 2. The lowest BCUT2D eigenvalue weighted by Crippen LogP contribution is -2.59. The molecule has 1 aromatic rings. The predicted octanol–water partition coefficient (Wildman–Crippen LogP) is 2.70. The van der Waals surface area contributed by atoms with E-state index in [-0.39, 0.29) is 5.60 Å². The van der Waals surface area contributed by atoms with Crippen molar-refractivity contribution < 1.29 is 19.2 Å². The zero-order chi connectivity index (χ0) is 25.9. The van der Waals surface area contributed by atoms with Crippen LogP contribution in [0.5, 0.6) is 0 Å². The van der Waals surface area contributed by atoms with E-state index in [1.807, 2.05) is 38.5 Å². The van der Waals surface area contributed by atoms with Crippen molar-refractivity contribution in [2.75, 3.05) is 56.7 Å². The van der Waals surface area contributed by atoms with Gasteiger partial charge in [-0.05, 0) is 52.3 Å². The van der Waals surface area contributed by atoms with Gasteiger partial charge in [0.2, 0.25) is 0 Å². The van der Waals surface area contributed by atoms with E-state index in [4.69, 9.17) is 14.0 Å². The number of likely N-dealkylation sites (N-methyl/N-ethyl adjacent to an activating group) is 1. The van der Waals surface area contributed by atoms with E-state index in [0.717, 1.165) is 50.4 Å². The number of aromatic nitrogens is 1. The molecule has 4 heterocycles. The molecule has 0 aliphatic carbocycles. The van der Waals surface area contributed by atoms with Crippen LogP contribution in [0.2, 0.25) is 0 Å². The molecule has 2 N–H and O–H groups in total. The molecule has 1 unspecified atom stereocenters. The van der Waals surface area contributed by atoms with Crippen molar-refractivity contribution in [2.45, 2.75) is 65.0 Å². The van der Waals surface area contributed by atoms with Gasteiger partial charge in [-0.1, -0.05) is 6.92 Å². The first kappa shape index (κ1) is 26.9. The van der Waals surface area contributed by atoms with E-state index in [9.17, 15) is 5.11 Å². The molecule has 10 heteroatoms. The molecule has 2 saturated heterocycles. The van der Waals surface area contributed by atoms with Crippen LogP contribution in [0.25, 0.3) is 0 Å². The lowest BCUT2D eigenvalue weighted by molar-refractivity contribution is -0.0691. The Bertz CT molecular complexity index is 937. The number of rotatable bonds is 10. The molecule has 2 fully saturated rings. The van der Waals surface area contributed by atoms with Gasteiger partial charge >= 0.3 is 7.12 Å². The minimum Gasteiger partial charge on any atom is -0.408 e. The number of nitrogens with one attached hydrogen (secondary N) is 1. The molecule has 36 heavy (non-hydrogen) atoms. The number of aliphatic hydroxyl groups excluding tert-OH is 1. The first-order valence-corrected chi connectivity index (χ1v) is 13.1. The van der Waals surface area contributed by atoms with Gasteiger partial charge in [-0.2, -0.15) is 0 Å². The Morgan fingerprint density at radius 3 is 2.61 bits per heavy atom. The number of piperazine rings is 1. The van der Waals surface area contributed by atoms with Crippen LogP contribution in [0, 0.1) is 0 Å². The number of ether oxygens (including phenoxy) is 1. The second-order valence-corrected chi connectivity index (χ2v) is 10.5. The Hall–Kier alpha value is -2.11. The normalized spacial score (nSPS) is 23.8. The Morgan fingerprint density at radius 2 is 2.03 bits per heavy atom. The summed E-state index contributed by atoms with van der Waals surface area (Å²) in [6, 6.07) is 5.05. The lowest BCUT2D eigenvalue weighted by atomic mass is 9.75. The maximum atomic E-state index is 10.8. The molecule has 3 aliphatic rings. The molecule has 0 aromatic carbocycles. The van der Waals surface area contributed by atoms with Gasteiger partial charge in [0.1, 0.15) is 5.82 Å². The van der Waals surface area contributed by atoms with Crippen molar-refractivity contribution in [3.8, 4) is 0 Å². The SMILES string of the molecule is CCOB(OC(C)(C)CC)C1=CN(C)C(O)C(Nc2ccc(N3CCN(C4COC4)C[C@@H]3C)cn2)=C1. The summed E-state index contributed by atoms with van der Waals surface area (Å²) >= 11 is 0. The van der Waals surface area contributed by atoms with E-state index >= 15 is 0 Å². The van der Waals surface area contributed by atoms with Gasteiger partial charge in [0.05, 0.1) is 36.8 Å². The fraction of sp³-hybridized carbons (Fsp3) is 0.654. The monoisotopic (exact) mass is 499 g/mol. The first-order chi connectivity index (χ1) is 17.2. The average molecular weight is 499 g/mol. The van der Waals surface area contributed by atoms with Gasteiger partial charge < -0.3 is 34.3 Å². The van der Waals surface area contributed by atoms with Crippen molar-refractivity contribution >= 4 is 18.6 Å². The molecular weight excluding hydrogens is 457 g/mol. The van der Waals surface area contributed by atoms with E-state index in [0.29, 0.717) is 30.2 Å².